The molecule has 2 rings (SSSR count). The van der Waals surface area contributed by atoms with Gasteiger partial charge in [0.1, 0.15) is 11.5 Å². The van der Waals surface area contributed by atoms with Gasteiger partial charge in [-0.05, 0) is 41.5 Å². The van der Waals surface area contributed by atoms with Crippen molar-refractivity contribution in [2.45, 2.75) is 0 Å². The van der Waals surface area contributed by atoms with E-state index >= 15 is 0 Å². The molecule has 0 spiro atoms. The highest BCUT2D eigenvalue weighted by atomic mass is 16.5. The summed E-state index contributed by atoms with van der Waals surface area (Å²) in [6, 6.07) is 13.7. The minimum absolute atomic E-state index is 0.146. The second-order valence-electron chi connectivity index (χ2n) is 4.37. The smallest absolute Gasteiger partial charge is 0.338 e. The second-order valence-corrected chi connectivity index (χ2v) is 4.37. The Labute approximate surface area is 123 Å². The highest BCUT2D eigenvalue weighted by molar-refractivity contribution is 6.21. The van der Waals surface area contributed by atoms with Crippen LogP contribution in [0.3, 0.4) is 0 Å². The first-order valence-electron chi connectivity index (χ1n) is 6.37. The maximum Gasteiger partial charge on any atom is 0.338 e. The number of rotatable bonds is 4. The molecule has 0 saturated carbocycles. The fraction of sp³-hybridized carbons (Fsp3) is 0.118. The summed E-state index contributed by atoms with van der Waals surface area (Å²) >= 11 is 0. The van der Waals surface area contributed by atoms with Crippen molar-refractivity contribution >= 4 is 17.6 Å². The number of hydrogen-bond acceptors (Lipinski definition) is 4. The predicted octanol–water partition coefficient (Wildman–Crippen LogP) is 3.11. The van der Waals surface area contributed by atoms with Crippen LogP contribution in [-0.2, 0) is 9.53 Å². The van der Waals surface area contributed by atoms with Crippen LogP contribution in [0.5, 0.6) is 11.5 Å². The molecule has 4 nitrogen and oxygen atoms in total. The van der Waals surface area contributed by atoms with Crippen molar-refractivity contribution in [3.63, 3.8) is 0 Å². The Balaban J connectivity index is 2.41. The number of aromatic hydroxyl groups is 1. The lowest BCUT2D eigenvalue weighted by Crippen LogP contribution is -2.03. The molecule has 2 aromatic carbocycles. The lowest BCUT2D eigenvalue weighted by molar-refractivity contribution is -0.133. The number of benzene rings is 2. The van der Waals surface area contributed by atoms with Crippen LogP contribution in [0.4, 0.5) is 0 Å². The lowest BCUT2D eigenvalue weighted by Gasteiger charge is -2.07. The largest absolute Gasteiger partial charge is 0.508 e. The SMILES string of the molecule is COC(=O)/C(=C/c1ccc(OC)cc1)c1ccc(O)cc1. The third-order valence-electron chi connectivity index (χ3n) is 3.01. The second kappa shape index (κ2) is 6.61. The molecule has 4 heteroatoms. The fourth-order valence-corrected chi connectivity index (χ4v) is 1.88. The summed E-state index contributed by atoms with van der Waals surface area (Å²) in [5, 5.41) is 9.33. The third-order valence-corrected chi connectivity index (χ3v) is 3.01. The van der Waals surface area contributed by atoms with Gasteiger partial charge in [0.15, 0.2) is 0 Å². The number of esters is 1. The molecular weight excluding hydrogens is 268 g/mol. The minimum atomic E-state index is -0.434. The molecule has 0 aromatic heterocycles. The third kappa shape index (κ3) is 3.63. The van der Waals surface area contributed by atoms with Gasteiger partial charge in [0, 0.05) is 0 Å². The van der Waals surface area contributed by atoms with Crippen LogP contribution in [0.1, 0.15) is 11.1 Å². The van der Waals surface area contributed by atoms with Gasteiger partial charge < -0.3 is 14.6 Å². The average Bonchev–Trinajstić information content (AvgIpc) is 2.53. The van der Waals surface area contributed by atoms with Crippen molar-refractivity contribution in [2.24, 2.45) is 0 Å². The van der Waals surface area contributed by atoms with Gasteiger partial charge >= 0.3 is 5.97 Å². The molecule has 0 atom stereocenters. The normalized spacial score (nSPS) is 11.0. The molecule has 0 amide bonds. The molecule has 0 fully saturated rings. The quantitative estimate of drug-likeness (QED) is 0.532. The van der Waals surface area contributed by atoms with Crippen molar-refractivity contribution in [1.82, 2.24) is 0 Å². The summed E-state index contributed by atoms with van der Waals surface area (Å²) in [6.07, 6.45) is 1.73. The Kier molecular flexibility index (Phi) is 4.61. The molecule has 0 heterocycles. The molecule has 21 heavy (non-hydrogen) atoms. The summed E-state index contributed by atoms with van der Waals surface area (Å²) in [5.74, 6) is 0.459. The van der Waals surface area contributed by atoms with Crippen molar-refractivity contribution in [2.75, 3.05) is 14.2 Å². The summed E-state index contributed by atoms with van der Waals surface area (Å²) in [4.78, 5) is 11.9. The number of carbonyl (C=O) groups is 1. The first kappa shape index (κ1) is 14.7. The topological polar surface area (TPSA) is 55.8 Å². The van der Waals surface area contributed by atoms with Gasteiger partial charge in [-0.2, -0.15) is 0 Å². The van der Waals surface area contributed by atoms with E-state index in [2.05, 4.69) is 0 Å². The summed E-state index contributed by atoms with van der Waals surface area (Å²) in [7, 11) is 2.94. The molecule has 2 aromatic rings. The molecular formula is C17H16O4. The van der Waals surface area contributed by atoms with Gasteiger partial charge in [0.2, 0.25) is 0 Å². The van der Waals surface area contributed by atoms with E-state index in [4.69, 9.17) is 9.47 Å². The van der Waals surface area contributed by atoms with Crippen LogP contribution in [-0.4, -0.2) is 25.3 Å². The zero-order valence-electron chi connectivity index (χ0n) is 11.9. The van der Waals surface area contributed by atoms with E-state index in [9.17, 15) is 9.90 Å². The summed E-state index contributed by atoms with van der Waals surface area (Å²) in [6.45, 7) is 0. The first-order chi connectivity index (χ1) is 10.1. The lowest BCUT2D eigenvalue weighted by atomic mass is 10.0. The maximum absolute atomic E-state index is 11.9. The Morgan fingerprint density at radius 3 is 2.14 bits per heavy atom. The Bertz CT molecular complexity index is 639. The van der Waals surface area contributed by atoms with Crippen molar-refractivity contribution < 1.29 is 19.4 Å². The average molecular weight is 284 g/mol. The standard InChI is InChI=1S/C17H16O4/c1-20-15-9-3-12(4-10-15)11-16(17(19)21-2)13-5-7-14(18)8-6-13/h3-11,18H,1-2H3/b16-11+. The van der Waals surface area contributed by atoms with E-state index in [1.54, 1.807) is 25.3 Å². The molecule has 0 aliphatic rings. The van der Waals surface area contributed by atoms with Crippen LogP contribution in [0.25, 0.3) is 11.6 Å². The monoisotopic (exact) mass is 284 g/mol. The van der Waals surface area contributed by atoms with Gasteiger partial charge in [-0.15, -0.1) is 0 Å². The maximum atomic E-state index is 11.9. The Morgan fingerprint density at radius 2 is 1.62 bits per heavy atom. The van der Waals surface area contributed by atoms with E-state index in [-0.39, 0.29) is 5.75 Å². The Morgan fingerprint density at radius 1 is 1.00 bits per heavy atom. The minimum Gasteiger partial charge on any atom is -0.508 e. The molecule has 0 radical (unpaired) electrons. The fourth-order valence-electron chi connectivity index (χ4n) is 1.88. The molecule has 0 saturated heterocycles. The summed E-state index contributed by atoms with van der Waals surface area (Å²) < 4.78 is 9.92. The van der Waals surface area contributed by atoms with Gasteiger partial charge in [-0.25, -0.2) is 4.79 Å². The van der Waals surface area contributed by atoms with Gasteiger partial charge in [0.25, 0.3) is 0 Å². The molecule has 0 bridgehead atoms. The number of hydrogen-bond donors (Lipinski definition) is 1. The zero-order valence-corrected chi connectivity index (χ0v) is 11.9. The van der Waals surface area contributed by atoms with Crippen LogP contribution >= 0.6 is 0 Å². The number of ether oxygens (including phenoxy) is 2. The molecule has 0 aliphatic carbocycles. The highest BCUT2D eigenvalue weighted by Gasteiger charge is 2.12. The number of phenols is 1. The van der Waals surface area contributed by atoms with Gasteiger partial charge in [-0.1, -0.05) is 24.3 Å². The first-order valence-corrected chi connectivity index (χ1v) is 6.37. The zero-order chi connectivity index (χ0) is 15.2. The van der Waals surface area contributed by atoms with E-state index in [1.165, 1.54) is 19.2 Å². The molecule has 0 unspecified atom stereocenters. The van der Waals surface area contributed by atoms with Gasteiger partial charge in [0.05, 0.1) is 19.8 Å². The number of carbonyl (C=O) groups excluding carboxylic acids is 1. The van der Waals surface area contributed by atoms with Crippen molar-refractivity contribution in [3.05, 3.63) is 59.7 Å². The van der Waals surface area contributed by atoms with Crippen molar-refractivity contribution in [3.8, 4) is 11.5 Å². The van der Waals surface area contributed by atoms with Crippen LogP contribution < -0.4 is 4.74 Å². The summed E-state index contributed by atoms with van der Waals surface area (Å²) in [5.41, 5.74) is 1.95. The molecule has 1 N–H and O–H groups in total. The number of phenolic OH excluding ortho intramolecular Hbond substituents is 1. The van der Waals surface area contributed by atoms with Crippen LogP contribution in [0.15, 0.2) is 48.5 Å². The van der Waals surface area contributed by atoms with E-state index in [1.807, 2.05) is 24.3 Å². The molecule has 108 valence electrons. The highest BCUT2D eigenvalue weighted by Crippen LogP contribution is 2.23. The van der Waals surface area contributed by atoms with E-state index < -0.39 is 5.97 Å². The van der Waals surface area contributed by atoms with Gasteiger partial charge in [-0.3, -0.25) is 0 Å². The van der Waals surface area contributed by atoms with Crippen LogP contribution in [0.2, 0.25) is 0 Å². The number of methoxy groups -OCH3 is 2. The van der Waals surface area contributed by atoms with E-state index in [0.29, 0.717) is 11.1 Å². The van der Waals surface area contributed by atoms with E-state index in [0.717, 1.165) is 11.3 Å². The Hall–Kier alpha value is -2.75. The molecule has 0 aliphatic heterocycles. The van der Waals surface area contributed by atoms with Crippen molar-refractivity contribution in [1.29, 1.82) is 0 Å². The van der Waals surface area contributed by atoms with Crippen LogP contribution in [0, 0.1) is 0 Å². The predicted molar refractivity (Wildman–Crippen MR) is 81.0 cm³/mol.